The van der Waals surface area contributed by atoms with Gasteiger partial charge in [-0.25, -0.2) is 0 Å². The summed E-state index contributed by atoms with van der Waals surface area (Å²) in [5.74, 6) is -0.214. The highest BCUT2D eigenvalue weighted by atomic mass is 16.5. The fraction of sp³-hybridized carbons (Fsp3) is 0.476. The highest BCUT2D eigenvalue weighted by molar-refractivity contribution is 5.99. The van der Waals surface area contributed by atoms with Gasteiger partial charge in [-0.2, -0.15) is 0 Å². The zero-order chi connectivity index (χ0) is 19.7. The van der Waals surface area contributed by atoms with E-state index < -0.39 is 11.1 Å². The third-order valence-electron chi connectivity index (χ3n) is 4.33. The maximum atomic E-state index is 12.7. The summed E-state index contributed by atoms with van der Waals surface area (Å²) < 4.78 is 0. The number of carbonyl (C=O) groups excluding carboxylic acids is 1. The van der Waals surface area contributed by atoms with Crippen LogP contribution in [0.5, 0.6) is 0 Å². The summed E-state index contributed by atoms with van der Waals surface area (Å²) >= 11 is 0. The SMILES string of the molecule is CC(C)(C)N(O)C1=CCC(C(=O)c2ccc(N(O)C(C)(C)C)cc2)C=C1. The van der Waals surface area contributed by atoms with E-state index in [0.717, 1.165) is 0 Å². The first-order chi connectivity index (χ1) is 11.9. The largest absolute Gasteiger partial charge is 0.294 e. The third-order valence-corrected chi connectivity index (χ3v) is 4.33. The van der Waals surface area contributed by atoms with Crippen molar-refractivity contribution in [3.8, 4) is 0 Å². The van der Waals surface area contributed by atoms with E-state index in [1.54, 1.807) is 30.3 Å². The minimum absolute atomic E-state index is 0.0311. The van der Waals surface area contributed by atoms with Crippen LogP contribution in [-0.4, -0.2) is 32.3 Å². The molecular weight excluding hydrogens is 328 g/mol. The summed E-state index contributed by atoms with van der Waals surface area (Å²) in [6.07, 6.45) is 6.07. The van der Waals surface area contributed by atoms with Crippen molar-refractivity contribution in [1.29, 1.82) is 0 Å². The molecule has 1 atom stereocenters. The number of rotatable bonds is 4. The van der Waals surface area contributed by atoms with E-state index in [9.17, 15) is 15.2 Å². The van der Waals surface area contributed by atoms with Gasteiger partial charge >= 0.3 is 0 Å². The minimum Gasteiger partial charge on any atom is -0.294 e. The molecule has 1 aromatic rings. The fourth-order valence-corrected chi connectivity index (χ4v) is 2.72. The number of hydrogen-bond donors (Lipinski definition) is 2. The van der Waals surface area contributed by atoms with Gasteiger partial charge in [0.1, 0.15) is 0 Å². The van der Waals surface area contributed by atoms with Crippen LogP contribution >= 0.6 is 0 Å². The Bertz CT molecular complexity index is 706. The van der Waals surface area contributed by atoms with E-state index in [2.05, 4.69) is 0 Å². The van der Waals surface area contributed by atoms with Crippen molar-refractivity contribution in [2.24, 2.45) is 5.92 Å². The first-order valence-corrected chi connectivity index (χ1v) is 8.92. The van der Waals surface area contributed by atoms with Gasteiger partial charge in [-0.1, -0.05) is 12.2 Å². The van der Waals surface area contributed by atoms with Crippen molar-refractivity contribution in [3.63, 3.8) is 0 Å². The van der Waals surface area contributed by atoms with E-state index in [0.29, 0.717) is 23.4 Å². The second-order valence-corrected chi connectivity index (χ2v) is 8.71. The smallest absolute Gasteiger partial charge is 0.170 e. The number of nitrogens with zero attached hydrogens (tertiary/aromatic N) is 2. The topological polar surface area (TPSA) is 64.0 Å². The first-order valence-electron chi connectivity index (χ1n) is 8.92. The Morgan fingerprint density at radius 2 is 1.50 bits per heavy atom. The Hall–Kier alpha value is -2.11. The van der Waals surface area contributed by atoms with E-state index in [1.165, 1.54) is 10.1 Å². The zero-order valence-electron chi connectivity index (χ0n) is 16.5. The molecule has 1 aliphatic rings. The second kappa shape index (κ2) is 7.25. The summed E-state index contributed by atoms with van der Waals surface area (Å²) in [4.78, 5) is 12.7. The van der Waals surface area contributed by atoms with Crippen LogP contribution in [0.1, 0.15) is 58.3 Å². The number of hydrogen-bond acceptors (Lipinski definition) is 5. The lowest BCUT2D eigenvalue weighted by atomic mass is 9.90. The standard InChI is InChI=1S/C21H30N2O3/c1-20(2,3)22(25)17-11-7-15(8-12-17)19(24)16-9-13-18(14-10-16)23(26)21(4,5)6/h7-9,11-14,16,25-26H,10H2,1-6H3. The molecule has 1 aliphatic carbocycles. The molecular formula is C21H30N2O3. The number of benzene rings is 1. The molecule has 5 heteroatoms. The Morgan fingerprint density at radius 3 is 1.92 bits per heavy atom. The fourth-order valence-electron chi connectivity index (χ4n) is 2.72. The molecule has 2 rings (SSSR count). The zero-order valence-corrected chi connectivity index (χ0v) is 16.5. The molecule has 142 valence electrons. The molecule has 0 bridgehead atoms. The first kappa shape index (κ1) is 20.2. The van der Waals surface area contributed by atoms with Crippen LogP contribution in [0.15, 0.2) is 48.2 Å². The van der Waals surface area contributed by atoms with E-state index in [1.807, 2.05) is 53.7 Å². The second-order valence-electron chi connectivity index (χ2n) is 8.71. The van der Waals surface area contributed by atoms with Gasteiger partial charge in [-0.15, -0.1) is 0 Å². The van der Waals surface area contributed by atoms with Gasteiger partial charge in [-0.05, 0) is 78.3 Å². The molecule has 0 fully saturated rings. The summed E-state index contributed by atoms with van der Waals surface area (Å²) in [5, 5.41) is 22.8. The minimum atomic E-state index is -0.415. The van der Waals surface area contributed by atoms with Crippen molar-refractivity contribution < 1.29 is 15.2 Å². The molecule has 0 saturated carbocycles. The van der Waals surface area contributed by atoms with Crippen LogP contribution in [0.3, 0.4) is 0 Å². The predicted molar refractivity (Wildman–Crippen MR) is 103 cm³/mol. The average Bonchev–Trinajstić information content (AvgIpc) is 2.58. The molecule has 0 heterocycles. The molecule has 0 saturated heterocycles. The summed E-state index contributed by atoms with van der Waals surface area (Å²) in [6, 6.07) is 6.99. The van der Waals surface area contributed by atoms with Crippen LogP contribution < -0.4 is 5.06 Å². The van der Waals surface area contributed by atoms with Gasteiger partial charge in [0.25, 0.3) is 0 Å². The van der Waals surface area contributed by atoms with Crippen molar-refractivity contribution in [2.75, 3.05) is 5.06 Å². The molecule has 0 radical (unpaired) electrons. The van der Waals surface area contributed by atoms with Crippen molar-refractivity contribution >= 4 is 11.5 Å². The van der Waals surface area contributed by atoms with Crippen LogP contribution in [0.25, 0.3) is 0 Å². The quantitative estimate of drug-likeness (QED) is 0.597. The molecule has 0 spiro atoms. The number of hydroxylamine groups is 3. The van der Waals surface area contributed by atoms with Crippen molar-refractivity contribution in [2.45, 2.75) is 59.0 Å². The van der Waals surface area contributed by atoms with Gasteiger partial charge in [0.05, 0.1) is 22.5 Å². The molecule has 26 heavy (non-hydrogen) atoms. The van der Waals surface area contributed by atoms with E-state index >= 15 is 0 Å². The Labute approximate surface area is 156 Å². The number of anilines is 1. The predicted octanol–water partition coefficient (Wildman–Crippen LogP) is 4.81. The van der Waals surface area contributed by atoms with Crippen LogP contribution in [-0.2, 0) is 0 Å². The molecule has 0 amide bonds. The van der Waals surface area contributed by atoms with Gasteiger partial charge in [0.15, 0.2) is 5.78 Å². The number of allylic oxidation sites excluding steroid dienone is 3. The Morgan fingerprint density at radius 1 is 0.962 bits per heavy atom. The highest BCUT2D eigenvalue weighted by Crippen LogP contribution is 2.27. The molecule has 5 nitrogen and oxygen atoms in total. The molecule has 2 N–H and O–H groups in total. The molecule has 0 aliphatic heterocycles. The van der Waals surface area contributed by atoms with Crippen LogP contribution in [0, 0.1) is 5.92 Å². The Kier molecular flexibility index (Phi) is 5.64. The summed E-state index contributed by atoms with van der Waals surface area (Å²) in [6.45, 7) is 11.5. The lowest BCUT2D eigenvalue weighted by Gasteiger charge is -2.33. The van der Waals surface area contributed by atoms with Gasteiger partial charge in [0, 0.05) is 11.5 Å². The highest BCUT2D eigenvalue weighted by Gasteiger charge is 2.25. The lowest BCUT2D eigenvalue weighted by Crippen LogP contribution is -2.38. The number of Topliss-reactive ketones (excluding diaryl/α,β-unsaturated/α-hetero) is 1. The van der Waals surface area contributed by atoms with Crippen molar-refractivity contribution in [3.05, 3.63) is 53.8 Å². The van der Waals surface area contributed by atoms with Gasteiger partial charge < -0.3 is 0 Å². The maximum Gasteiger partial charge on any atom is 0.170 e. The third kappa shape index (κ3) is 4.54. The molecule has 1 aromatic carbocycles. The van der Waals surface area contributed by atoms with Gasteiger partial charge in [-0.3, -0.25) is 25.3 Å². The lowest BCUT2D eigenvalue weighted by molar-refractivity contribution is -0.119. The maximum absolute atomic E-state index is 12.7. The molecule has 1 unspecified atom stereocenters. The average molecular weight is 358 g/mol. The van der Waals surface area contributed by atoms with Gasteiger partial charge in [0.2, 0.25) is 0 Å². The Balaban J connectivity index is 2.08. The van der Waals surface area contributed by atoms with Crippen molar-refractivity contribution in [1.82, 2.24) is 5.06 Å². The van der Waals surface area contributed by atoms with E-state index in [-0.39, 0.29) is 11.7 Å². The van der Waals surface area contributed by atoms with Crippen LogP contribution in [0.4, 0.5) is 5.69 Å². The summed E-state index contributed by atoms with van der Waals surface area (Å²) in [7, 11) is 0. The summed E-state index contributed by atoms with van der Waals surface area (Å²) in [5.41, 5.74) is 1.16. The number of carbonyl (C=O) groups is 1. The number of ketones is 1. The van der Waals surface area contributed by atoms with Crippen LogP contribution in [0.2, 0.25) is 0 Å². The molecule has 0 aromatic heterocycles. The van der Waals surface area contributed by atoms with E-state index in [4.69, 9.17) is 0 Å². The normalized spacial score (nSPS) is 17.7. The monoisotopic (exact) mass is 358 g/mol.